The fourth-order valence-corrected chi connectivity index (χ4v) is 0.699. The lowest BCUT2D eigenvalue weighted by atomic mass is 10.2. The summed E-state index contributed by atoms with van der Waals surface area (Å²) in [7, 11) is 0. The van der Waals surface area contributed by atoms with E-state index in [1.54, 1.807) is 0 Å². The summed E-state index contributed by atoms with van der Waals surface area (Å²) in [5, 5.41) is 3.26. The second-order valence-electron chi connectivity index (χ2n) is 2.41. The zero-order valence-corrected chi connectivity index (χ0v) is 6.56. The first-order valence-corrected chi connectivity index (χ1v) is 3.68. The van der Waals surface area contributed by atoms with Crippen LogP contribution in [0.15, 0.2) is 0 Å². The maximum absolute atomic E-state index is 5.31. The highest BCUT2D eigenvalue weighted by Gasteiger charge is 1.95. The Morgan fingerprint density at radius 2 is 2.40 bits per heavy atom. The summed E-state index contributed by atoms with van der Waals surface area (Å²) >= 11 is 0. The molecule has 0 saturated carbocycles. The summed E-state index contributed by atoms with van der Waals surface area (Å²) in [6.07, 6.45) is 6.94. The van der Waals surface area contributed by atoms with Gasteiger partial charge in [0, 0.05) is 12.5 Å². The number of nitrogens with two attached hydrogens (primary N) is 1. The minimum atomic E-state index is 0.427. The van der Waals surface area contributed by atoms with E-state index >= 15 is 0 Å². The lowest BCUT2D eigenvalue weighted by molar-refractivity contribution is 0.549. The van der Waals surface area contributed by atoms with Crippen molar-refractivity contribution in [2.45, 2.75) is 25.8 Å². The van der Waals surface area contributed by atoms with Gasteiger partial charge in [0.25, 0.3) is 0 Å². The summed E-state index contributed by atoms with van der Waals surface area (Å²) < 4.78 is 0. The molecule has 0 rings (SSSR count). The van der Waals surface area contributed by atoms with Crippen LogP contribution in [0.4, 0.5) is 0 Å². The molecule has 0 aliphatic heterocycles. The van der Waals surface area contributed by atoms with Gasteiger partial charge in [-0.1, -0.05) is 0 Å². The lowest BCUT2D eigenvalue weighted by Gasteiger charge is -2.08. The van der Waals surface area contributed by atoms with Crippen LogP contribution in [0.25, 0.3) is 0 Å². The SMILES string of the molecule is C#CCC(C)NCCCN. The monoisotopic (exact) mass is 140 g/mol. The van der Waals surface area contributed by atoms with E-state index in [0.717, 1.165) is 25.9 Å². The van der Waals surface area contributed by atoms with Gasteiger partial charge in [0.1, 0.15) is 0 Å². The summed E-state index contributed by atoms with van der Waals surface area (Å²) in [4.78, 5) is 0. The molecule has 3 N–H and O–H groups in total. The van der Waals surface area contributed by atoms with Crippen LogP contribution < -0.4 is 11.1 Å². The minimum Gasteiger partial charge on any atom is -0.330 e. The van der Waals surface area contributed by atoms with E-state index in [2.05, 4.69) is 18.2 Å². The third kappa shape index (κ3) is 5.61. The molecule has 0 amide bonds. The van der Waals surface area contributed by atoms with Crippen LogP contribution in [-0.4, -0.2) is 19.1 Å². The largest absolute Gasteiger partial charge is 0.330 e. The van der Waals surface area contributed by atoms with Crippen LogP contribution in [0.1, 0.15) is 19.8 Å². The van der Waals surface area contributed by atoms with Gasteiger partial charge in [0.15, 0.2) is 0 Å². The highest BCUT2D eigenvalue weighted by Crippen LogP contribution is 1.86. The fourth-order valence-electron chi connectivity index (χ4n) is 0.699. The number of rotatable bonds is 5. The highest BCUT2D eigenvalue weighted by atomic mass is 14.9. The van der Waals surface area contributed by atoms with Crippen molar-refractivity contribution >= 4 is 0 Å². The normalized spacial score (nSPS) is 12.5. The van der Waals surface area contributed by atoms with Crippen LogP contribution in [0.5, 0.6) is 0 Å². The van der Waals surface area contributed by atoms with Crippen molar-refractivity contribution < 1.29 is 0 Å². The van der Waals surface area contributed by atoms with E-state index in [0.29, 0.717) is 6.04 Å². The van der Waals surface area contributed by atoms with E-state index in [1.807, 2.05) is 0 Å². The Morgan fingerprint density at radius 1 is 1.70 bits per heavy atom. The Kier molecular flexibility index (Phi) is 6.25. The van der Waals surface area contributed by atoms with E-state index in [9.17, 15) is 0 Å². The molecule has 0 saturated heterocycles. The summed E-state index contributed by atoms with van der Waals surface area (Å²) in [5.41, 5.74) is 5.31. The average molecular weight is 140 g/mol. The number of hydrogen-bond acceptors (Lipinski definition) is 2. The summed E-state index contributed by atoms with van der Waals surface area (Å²) in [5.74, 6) is 2.60. The lowest BCUT2D eigenvalue weighted by Crippen LogP contribution is -2.27. The number of terminal acetylenes is 1. The molecule has 1 atom stereocenters. The highest BCUT2D eigenvalue weighted by molar-refractivity contribution is 4.87. The average Bonchev–Trinajstić information content (AvgIpc) is 1.89. The summed E-state index contributed by atoms with van der Waals surface area (Å²) in [6, 6.07) is 0.427. The molecule has 0 bridgehead atoms. The second kappa shape index (κ2) is 6.60. The van der Waals surface area contributed by atoms with E-state index in [1.165, 1.54) is 0 Å². The van der Waals surface area contributed by atoms with Crippen molar-refractivity contribution in [3.63, 3.8) is 0 Å². The topological polar surface area (TPSA) is 38.0 Å². The van der Waals surface area contributed by atoms with Gasteiger partial charge in [-0.15, -0.1) is 12.3 Å². The van der Waals surface area contributed by atoms with Crippen molar-refractivity contribution in [1.82, 2.24) is 5.32 Å². The molecular formula is C8H16N2. The first-order valence-electron chi connectivity index (χ1n) is 3.68. The predicted molar refractivity (Wildman–Crippen MR) is 44.6 cm³/mol. The van der Waals surface area contributed by atoms with Gasteiger partial charge in [0.05, 0.1) is 0 Å². The smallest absolute Gasteiger partial charge is 0.0238 e. The van der Waals surface area contributed by atoms with Gasteiger partial charge in [-0.2, -0.15) is 0 Å². The van der Waals surface area contributed by atoms with Crippen molar-refractivity contribution in [1.29, 1.82) is 0 Å². The van der Waals surface area contributed by atoms with Crippen LogP contribution in [-0.2, 0) is 0 Å². The molecule has 10 heavy (non-hydrogen) atoms. The molecule has 2 nitrogen and oxygen atoms in total. The Hall–Kier alpha value is -0.520. The zero-order valence-electron chi connectivity index (χ0n) is 6.56. The molecule has 0 aliphatic carbocycles. The quantitative estimate of drug-likeness (QED) is 0.427. The molecule has 0 aromatic heterocycles. The molecule has 0 fully saturated rings. The Balaban J connectivity index is 3.06. The van der Waals surface area contributed by atoms with Crippen molar-refractivity contribution in [2.24, 2.45) is 5.73 Å². The predicted octanol–water partition coefficient (Wildman–Crippen LogP) is 0.337. The fraction of sp³-hybridized carbons (Fsp3) is 0.750. The first-order chi connectivity index (χ1) is 4.81. The third-order valence-electron chi connectivity index (χ3n) is 1.30. The molecule has 0 spiro atoms. The van der Waals surface area contributed by atoms with Gasteiger partial charge < -0.3 is 11.1 Å². The van der Waals surface area contributed by atoms with E-state index in [-0.39, 0.29) is 0 Å². The maximum atomic E-state index is 5.31. The summed E-state index contributed by atoms with van der Waals surface area (Å²) in [6.45, 7) is 3.80. The van der Waals surface area contributed by atoms with E-state index in [4.69, 9.17) is 12.2 Å². The molecule has 58 valence electrons. The van der Waals surface area contributed by atoms with Crippen molar-refractivity contribution in [2.75, 3.05) is 13.1 Å². The van der Waals surface area contributed by atoms with Gasteiger partial charge in [-0.05, 0) is 26.4 Å². The number of hydrogen-bond donors (Lipinski definition) is 2. The number of nitrogens with one attached hydrogen (secondary N) is 1. The maximum Gasteiger partial charge on any atom is 0.0238 e. The van der Waals surface area contributed by atoms with Gasteiger partial charge in [0.2, 0.25) is 0 Å². The minimum absolute atomic E-state index is 0.427. The van der Waals surface area contributed by atoms with Gasteiger partial charge in [-0.3, -0.25) is 0 Å². The standard InChI is InChI=1S/C8H16N2/c1-3-5-8(2)10-7-4-6-9/h1,8,10H,4-7,9H2,2H3. The van der Waals surface area contributed by atoms with Crippen LogP contribution in [0.2, 0.25) is 0 Å². The molecule has 0 aromatic carbocycles. The van der Waals surface area contributed by atoms with Crippen molar-refractivity contribution in [3.05, 3.63) is 0 Å². The molecule has 2 heteroatoms. The molecule has 0 radical (unpaired) electrons. The molecule has 1 unspecified atom stereocenters. The Bertz CT molecular complexity index is 104. The second-order valence-corrected chi connectivity index (χ2v) is 2.41. The van der Waals surface area contributed by atoms with Gasteiger partial charge in [-0.25, -0.2) is 0 Å². The van der Waals surface area contributed by atoms with E-state index < -0.39 is 0 Å². The Labute approximate surface area is 63.2 Å². The Morgan fingerprint density at radius 3 is 2.90 bits per heavy atom. The molecular weight excluding hydrogens is 124 g/mol. The van der Waals surface area contributed by atoms with Crippen LogP contribution >= 0.6 is 0 Å². The third-order valence-corrected chi connectivity index (χ3v) is 1.30. The molecule has 0 aromatic rings. The first kappa shape index (κ1) is 9.48. The molecule has 0 aliphatic rings. The van der Waals surface area contributed by atoms with Crippen LogP contribution in [0, 0.1) is 12.3 Å². The van der Waals surface area contributed by atoms with Gasteiger partial charge >= 0.3 is 0 Å². The molecule has 0 heterocycles. The zero-order chi connectivity index (χ0) is 7.82. The van der Waals surface area contributed by atoms with Crippen molar-refractivity contribution in [3.8, 4) is 12.3 Å². The van der Waals surface area contributed by atoms with Crippen LogP contribution in [0.3, 0.4) is 0 Å².